The highest BCUT2D eigenvalue weighted by Crippen LogP contribution is 2.25. The first-order valence-electron chi connectivity index (χ1n) is 5.73. The number of aliphatic hydroxyl groups excluding tert-OH is 1. The van der Waals surface area contributed by atoms with Crippen LogP contribution in [0.4, 0.5) is 0 Å². The molecule has 1 N–H and O–H groups in total. The molecule has 1 aromatic carbocycles. The van der Waals surface area contributed by atoms with Gasteiger partial charge < -0.3 is 9.84 Å². The van der Waals surface area contributed by atoms with Gasteiger partial charge in [0, 0.05) is 0 Å². The smallest absolute Gasteiger partial charge is 0.124 e. The Morgan fingerprint density at radius 2 is 2.27 bits per heavy atom. The second-order valence-corrected chi connectivity index (χ2v) is 4.16. The van der Waals surface area contributed by atoms with E-state index in [0.29, 0.717) is 0 Å². The van der Waals surface area contributed by atoms with Crippen LogP contribution in [-0.4, -0.2) is 17.3 Å². The van der Waals surface area contributed by atoms with Gasteiger partial charge in [0.15, 0.2) is 0 Å². The summed E-state index contributed by atoms with van der Waals surface area (Å²) in [6.45, 7) is 2.13. The lowest BCUT2D eigenvalue weighted by Crippen LogP contribution is -2.25. The van der Waals surface area contributed by atoms with E-state index in [1.54, 1.807) is 0 Å². The van der Waals surface area contributed by atoms with E-state index in [9.17, 15) is 5.11 Å². The molecule has 0 heterocycles. The second-order valence-electron chi connectivity index (χ2n) is 4.16. The van der Waals surface area contributed by atoms with E-state index in [-0.39, 0.29) is 12.2 Å². The van der Waals surface area contributed by atoms with Gasteiger partial charge in [-0.3, -0.25) is 0 Å². The molecule has 1 aliphatic rings. The number of hydrogen-bond acceptors (Lipinski definition) is 2. The SMILES string of the molecule is CCc1cccc(O[C@@H]2CCC[C@H]2O)c1. The summed E-state index contributed by atoms with van der Waals surface area (Å²) in [6, 6.07) is 8.13. The molecule has 2 rings (SSSR count). The molecule has 1 fully saturated rings. The molecule has 0 aromatic heterocycles. The van der Waals surface area contributed by atoms with Crippen molar-refractivity contribution in [2.24, 2.45) is 0 Å². The summed E-state index contributed by atoms with van der Waals surface area (Å²) in [7, 11) is 0. The maximum absolute atomic E-state index is 9.65. The molecule has 2 nitrogen and oxygen atoms in total. The summed E-state index contributed by atoms with van der Waals surface area (Å²) in [5.74, 6) is 0.889. The quantitative estimate of drug-likeness (QED) is 0.823. The van der Waals surface area contributed by atoms with E-state index < -0.39 is 0 Å². The van der Waals surface area contributed by atoms with Gasteiger partial charge in [0.1, 0.15) is 11.9 Å². The van der Waals surface area contributed by atoms with Gasteiger partial charge in [-0.1, -0.05) is 19.1 Å². The molecule has 2 atom stereocenters. The van der Waals surface area contributed by atoms with Gasteiger partial charge in [-0.25, -0.2) is 0 Å². The van der Waals surface area contributed by atoms with E-state index >= 15 is 0 Å². The molecule has 1 saturated carbocycles. The normalized spacial score (nSPS) is 25.5. The molecule has 1 aromatic rings. The third kappa shape index (κ3) is 2.51. The van der Waals surface area contributed by atoms with Crippen molar-refractivity contribution >= 4 is 0 Å². The van der Waals surface area contributed by atoms with Gasteiger partial charge in [-0.15, -0.1) is 0 Å². The molecule has 0 unspecified atom stereocenters. The van der Waals surface area contributed by atoms with Gasteiger partial charge >= 0.3 is 0 Å². The predicted molar refractivity (Wildman–Crippen MR) is 60.1 cm³/mol. The lowest BCUT2D eigenvalue weighted by molar-refractivity contribution is 0.0603. The van der Waals surface area contributed by atoms with Crippen LogP contribution < -0.4 is 4.74 Å². The molecule has 1 aliphatic carbocycles. The van der Waals surface area contributed by atoms with Crippen LogP contribution in [0, 0.1) is 0 Å². The molecular formula is C13H18O2. The lowest BCUT2D eigenvalue weighted by Gasteiger charge is -2.17. The molecule has 2 heteroatoms. The van der Waals surface area contributed by atoms with E-state index in [1.807, 2.05) is 12.1 Å². The Labute approximate surface area is 90.9 Å². The molecule has 15 heavy (non-hydrogen) atoms. The fraction of sp³-hybridized carbons (Fsp3) is 0.538. The Morgan fingerprint density at radius 3 is 2.93 bits per heavy atom. The van der Waals surface area contributed by atoms with Crippen LogP contribution >= 0.6 is 0 Å². The minimum atomic E-state index is -0.282. The van der Waals surface area contributed by atoms with Crippen LogP contribution in [0.25, 0.3) is 0 Å². The van der Waals surface area contributed by atoms with Crippen molar-refractivity contribution in [1.82, 2.24) is 0 Å². The highest BCUT2D eigenvalue weighted by Gasteiger charge is 2.26. The highest BCUT2D eigenvalue weighted by atomic mass is 16.5. The molecule has 0 spiro atoms. The standard InChI is InChI=1S/C13H18O2/c1-2-10-5-3-6-11(9-10)15-13-8-4-7-12(13)14/h3,5-6,9,12-14H,2,4,7-8H2,1H3/t12-,13-/m1/s1. The number of aryl methyl sites for hydroxylation is 1. The molecule has 0 bridgehead atoms. The van der Waals surface area contributed by atoms with Crippen LogP contribution in [0.15, 0.2) is 24.3 Å². The van der Waals surface area contributed by atoms with Crippen LogP contribution in [0.5, 0.6) is 5.75 Å². The number of ether oxygens (including phenoxy) is 1. The average Bonchev–Trinajstić information content (AvgIpc) is 2.65. The second kappa shape index (κ2) is 4.67. The van der Waals surface area contributed by atoms with Gasteiger partial charge in [0.2, 0.25) is 0 Å². The highest BCUT2D eigenvalue weighted by molar-refractivity contribution is 5.28. The topological polar surface area (TPSA) is 29.5 Å². The third-order valence-corrected chi connectivity index (χ3v) is 3.01. The Morgan fingerprint density at radius 1 is 1.40 bits per heavy atom. The molecule has 82 valence electrons. The van der Waals surface area contributed by atoms with Crippen molar-refractivity contribution in [2.75, 3.05) is 0 Å². The van der Waals surface area contributed by atoms with Crippen molar-refractivity contribution in [2.45, 2.75) is 44.8 Å². The minimum Gasteiger partial charge on any atom is -0.488 e. The van der Waals surface area contributed by atoms with E-state index in [1.165, 1.54) is 5.56 Å². The molecule has 0 aliphatic heterocycles. The molecular weight excluding hydrogens is 188 g/mol. The maximum atomic E-state index is 9.65. The monoisotopic (exact) mass is 206 g/mol. The Hall–Kier alpha value is -1.02. The number of rotatable bonds is 3. The summed E-state index contributed by atoms with van der Waals surface area (Å²) >= 11 is 0. The molecule has 0 amide bonds. The lowest BCUT2D eigenvalue weighted by atomic mass is 10.1. The van der Waals surface area contributed by atoms with Crippen molar-refractivity contribution in [3.63, 3.8) is 0 Å². The van der Waals surface area contributed by atoms with Crippen LogP contribution in [0.2, 0.25) is 0 Å². The zero-order valence-electron chi connectivity index (χ0n) is 9.15. The van der Waals surface area contributed by atoms with Gasteiger partial charge in [-0.05, 0) is 43.4 Å². The Kier molecular flexibility index (Phi) is 3.27. The number of aliphatic hydroxyl groups is 1. The van der Waals surface area contributed by atoms with Crippen LogP contribution in [0.1, 0.15) is 31.7 Å². The van der Waals surface area contributed by atoms with Crippen molar-refractivity contribution in [3.05, 3.63) is 29.8 Å². The first-order chi connectivity index (χ1) is 7.29. The van der Waals surface area contributed by atoms with Crippen LogP contribution in [-0.2, 0) is 6.42 Å². The summed E-state index contributed by atoms with van der Waals surface area (Å²) in [5, 5.41) is 9.65. The molecule has 0 saturated heterocycles. The maximum Gasteiger partial charge on any atom is 0.124 e. The zero-order chi connectivity index (χ0) is 10.7. The fourth-order valence-corrected chi connectivity index (χ4v) is 2.06. The largest absolute Gasteiger partial charge is 0.488 e. The summed E-state index contributed by atoms with van der Waals surface area (Å²) < 4.78 is 5.78. The third-order valence-electron chi connectivity index (χ3n) is 3.01. The van der Waals surface area contributed by atoms with Gasteiger partial charge in [0.25, 0.3) is 0 Å². The van der Waals surface area contributed by atoms with E-state index in [2.05, 4.69) is 19.1 Å². The van der Waals surface area contributed by atoms with Crippen molar-refractivity contribution in [1.29, 1.82) is 0 Å². The minimum absolute atomic E-state index is 0.00268. The van der Waals surface area contributed by atoms with Gasteiger partial charge in [0.05, 0.1) is 6.10 Å². The van der Waals surface area contributed by atoms with Crippen molar-refractivity contribution in [3.8, 4) is 5.75 Å². The summed E-state index contributed by atoms with van der Waals surface area (Å²) in [5.41, 5.74) is 1.28. The first-order valence-corrected chi connectivity index (χ1v) is 5.73. The number of hydrogen-bond donors (Lipinski definition) is 1. The Bertz CT molecular complexity index is 322. The van der Waals surface area contributed by atoms with E-state index in [4.69, 9.17) is 4.74 Å². The Balaban J connectivity index is 2.03. The van der Waals surface area contributed by atoms with Crippen LogP contribution in [0.3, 0.4) is 0 Å². The summed E-state index contributed by atoms with van der Waals surface area (Å²) in [6.07, 6.45) is 3.65. The van der Waals surface area contributed by atoms with E-state index in [0.717, 1.165) is 31.4 Å². The first kappa shape index (κ1) is 10.5. The predicted octanol–water partition coefficient (Wildman–Crippen LogP) is 2.54. The fourth-order valence-electron chi connectivity index (χ4n) is 2.06. The van der Waals surface area contributed by atoms with Gasteiger partial charge in [-0.2, -0.15) is 0 Å². The average molecular weight is 206 g/mol. The zero-order valence-corrected chi connectivity index (χ0v) is 9.15. The molecule has 0 radical (unpaired) electrons. The number of benzene rings is 1. The summed E-state index contributed by atoms with van der Waals surface area (Å²) in [4.78, 5) is 0. The van der Waals surface area contributed by atoms with Crippen molar-refractivity contribution < 1.29 is 9.84 Å².